The summed E-state index contributed by atoms with van der Waals surface area (Å²) >= 11 is 1.50. The maximum absolute atomic E-state index is 11.8. The van der Waals surface area contributed by atoms with Crippen LogP contribution in [-0.2, 0) is 11.2 Å². The number of hydrogen-bond acceptors (Lipinski definition) is 5. The molecule has 2 rings (SSSR count). The number of carbonyl (C=O) groups excluding carboxylic acids is 1. The van der Waals surface area contributed by atoms with E-state index in [1.807, 2.05) is 24.4 Å². The van der Waals surface area contributed by atoms with Crippen molar-refractivity contribution in [1.82, 2.24) is 15.3 Å². The minimum atomic E-state index is -0.472. The lowest BCUT2D eigenvalue weighted by atomic mass is 10.2. The normalized spacial score (nSPS) is 12.1. The molecule has 0 aliphatic carbocycles. The highest BCUT2D eigenvalue weighted by molar-refractivity contribution is 7.13. The van der Waals surface area contributed by atoms with Crippen molar-refractivity contribution in [2.75, 3.05) is 6.54 Å². The Morgan fingerprint density at radius 1 is 1.52 bits per heavy atom. The van der Waals surface area contributed by atoms with Crippen LogP contribution in [0.25, 0.3) is 10.6 Å². The summed E-state index contributed by atoms with van der Waals surface area (Å²) in [7, 11) is 0. The number of pyridine rings is 1. The standard InChI is InChI=1S/C15H19N3O2S/c1-2-4-13(19)9-17-14(20)7-12-10-21-15(18-12)11-5-3-6-16-8-11/h3,5-6,8,10,13,19H,2,4,7,9H2,1H3,(H,17,20). The summed E-state index contributed by atoms with van der Waals surface area (Å²) in [5.41, 5.74) is 1.69. The topological polar surface area (TPSA) is 75.1 Å². The zero-order valence-electron chi connectivity index (χ0n) is 12.0. The van der Waals surface area contributed by atoms with Gasteiger partial charge in [-0.25, -0.2) is 4.98 Å². The van der Waals surface area contributed by atoms with Crippen molar-refractivity contribution >= 4 is 17.2 Å². The van der Waals surface area contributed by atoms with E-state index in [1.165, 1.54) is 11.3 Å². The van der Waals surface area contributed by atoms with Gasteiger partial charge in [0.2, 0.25) is 5.91 Å². The van der Waals surface area contributed by atoms with Gasteiger partial charge in [-0.2, -0.15) is 0 Å². The van der Waals surface area contributed by atoms with Gasteiger partial charge in [-0.1, -0.05) is 13.3 Å². The predicted octanol–water partition coefficient (Wildman–Crippen LogP) is 2.02. The molecule has 6 heteroatoms. The minimum Gasteiger partial charge on any atom is -0.391 e. The largest absolute Gasteiger partial charge is 0.391 e. The molecule has 112 valence electrons. The average Bonchev–Trinajstić information content (AvgIpc) is 2.95. The summed E-state index contributed by atoms with van der Waals surface area (Å²) in [5.74, 6) is -0.117. The molecule has 0 aliphatic rings. The smallest absolute Gasteiger partial charge is 0.226 e. The number of aliphatic hydroxyl groups is 1. The van der Waals surface area contributed by atoms with E-state index in [9.17, 15) is 9.90 Å². The number of rotatable bonds is 7. The van der Waals surface area contributed by atoms with Crippen LogP contribution in [0.2, 0.25) is 0 Å². The second kappa shape index (κ2) is 7.85. The van der Waals surface area contributed by atoms with Gasteiger partial charge in [0, 0.05) is 29.9 Å². The first-order valence-corrected chi connectivity index (χ1v) is 7.86. The summed E-state index contributed by atoms with van der Waals surface area (Å²) < 4.78 is 0. The van der Waals surface area contributed by atoms with Crippen LogP contribution in [0.4, 0.5) is 0 Å². The molecule has 5 nitrogen and oxygen atoms in total. The number of amides is 1. The van der Waals surface area contributed by atoms with E-state index < -0.39 is 6.10 Å². The van der Waals surface area contributed by atoms with E-state index >= 15 is 0 Å². The van der Waals surface area contributed by atoms with Crippen LogP contribution in [0, 0.1) is 0 Å². The van der Waals surface area contributed by atoms with Crippen molar-refractivity contribution in [3.63, 3.8) is 0 Å². The summed E-state index contributed by atoms with van der Waals surface area (Å²) in [4.78, 5) is 20.3. The zero-order valence-corrected chi connectivity index (χ0v) is 12.8. The molecule has 1 atom stereocenters. The zero-order chi connectivity index (χ0) is 15.1. The Hall–Kier alpha value is -1.79. The maximum Gasteiger partial charge on any atom is 0.226 e. The molecule has 0 radical (unpaired) electrons. The van der Waals surface area contributed by atoms with E-state index in [0.717, 1.165) is 22.7 Å². The second-order valence-electron chi connectivity index (χ2n) is 4.81. The number of hydrogen-bond donors (Lipinski definition) is 2. The van der Waals surface area contributed by atoms with Crippen molar-refractivity contribution < 1.29 is 9.90 Å². The van der Waals surface area contributed by atoms with Crippen LogP contribution >= 0.6 is 11.3 Å². The van der Waals surface area contributed by atoms with Crippen LogP contribution in [0.3, 0.4) is 0 Å². The number of carbonyl (C=O) groups is 1. The van der Waals surface area contributed by atoms with Crippen LogP contribution in [0.5, 0.6) is 0 Å². The summed E-state index contributed by atoms with van der Waals surface area (Å²) in [6.45, 7) is 2.30. The third-order valence-electron chi connectivity index (χ3n) is 2.96. The highest BCUT2D eigenvalue weighted by Crippen LogP contribution is 2.22. The Morgan fingerprint density at radius 3 is 3.10 bits per heavy atom. The third kappa shape index (κ3) is 4.91. The number of thiazole rings is 1. The molecule has 2 aromatic heterocycles. The molecule has 0 spiro atoms. The van der Waals surface area contributed by atoms with Crippen LogP contribution in [-0.4, -0.2) is 33.6 Å². The molecule has 1 amide bonds. The molecule has 0 fully saturated rings. The van der Waals surface area contributed by atoms with Crippen LogP contribution < -0.4 is 5.32 Å². The average molecular weight is 305 g/mol. The lowest BCUT2D eigenvalue weighted by Gasteiger charge is -2.09. The SMILES string of the molecule is CCCC(O)CNC(=O)Cc1csc(-c2cccnc2)n1. The lowest BCUT2D eigenvalue weighted by molar-refractivity contribution is -0.120. The van der Waals surface area contributed by atoms with Gasteiger partial charge in [-0.15, -0.1) is 11.3 Å². The van der Waals surface area contributed by atoms with Crippen LogP contribution in [0.1, 0.15) is 25.5 Å². The number of aromatic nitrogens is 2. The van der Waals surface area contributed by atoms with E-state index in [0.29, 0.717) is 13.0 Å². The molecule has 0 aromatic carbocycles. The van der Waals surface area contributed by atoms with Crippen molar-refractivity contribution in [3.05, 3.63) is 35.6 Å². The maximum atomic E-state index is 11.8. The minimum absolute atomic E-state index is 0.117. The van der Waals surface area contributed by atoms with E-state index in [-0.39, 0.29) is 12.3 Å². The molecule has 2 N–H and O–H groups in total. The van der Waals surface area contributed by atoms with Gasteiger partial charge >= 0.3 is 0 Å². The first kappa shape index (κ1) is 15.6. The molecule has 0 saturated heterocycles. The number of nitrogens with zero attached hydrogens (tertiary/aromatic N) is 2. The van der Waals surface area contributed by atoms with Crippen molar-refractivity contribution in [3.8, 4) is 10.6 Å². The van der Waals surface area contributed by atoms with E-state index in [4.69, 9.17) is 0 Å². The molecule has 2 aromatic rings. The Morgan fingerprint density at radius 2 is 2.38 bits per heavy atom. The van der Waals surface area contributed by atoms with Crippen LogP contribution in [0.15, 0.2) is 29.9 Å². The molecule has 21 heavy (non-hydrogen) atoms. The van der Waals surface area contributed by atoms with Crippen molar-refractivity contribution in [2.24, 2.45) is 0 Å². The number of aliphatic hydroxyl groups excluding tert-OH is 1. The molecule has 0 aliphatic heterocycles. The second-order valence-corrected chi connectivity index (χ2v) is 5.67. The van der Waals surface area contributed by atoms with Crippen molar-refractivity contribution in [1.29, 1.82) is 0 Å². The molecular formula is C15H19N3O2S. The molecule has 0 bridgehead atoms. The van der Waals surface area contributed by atoms with Crippen molar-refractivity contribution in [2.45, 2.75) is 32.3 Å². The molecular weight excluding hydrogens is 286 g/mol. The highest BCUT2D eigenvalue weighted by atomic mass is 32.1. The monoisotopic (exact) mass is 305 g/mol. The summed E-state index contributed by atoms with van der Waals surface area (Å²) in [5, 5.41) is 15.0. The fourth-order valence-electron chi connectivity index (χ4n) is 1.90. The van der Waals surface area contributed by atoms with Gasteiger partial charge in [-0.3, -0.25) is 9.78 Å². The predicted molar refractivity (Wildman–Crippen MR) is 83.0 cm³/mol. The Balaban J connectivity index is 1.86. The Labute approximate surface area is 128 Å². The Kier molecular flexibility index (Phi) is 5.83. The van der Waals surface area contributed by atoms with Gasteiger partial charge < -0.3 is 10.4 Å². The Bertz CT molecular complexity index is 571. The third-order valence-corrected chi connectivity index (χ3v) is 3.90. The summed E-state index contributed by atoms with van der Waals surface area (Å²) in [6.07, 6.45) is 4.83. The van der Waals surface area contributed by atoms with Gasteiger partial charge in [0.15, 0.2) is 0 Å². The van der Waals surface area contributed by atoms with Gasteiger partial charge in [0.25, 0.3) is 0 Å². The van der Waals surface area contributed by atoms with Gasteiger partial charge in [0.05, 0.1) is 18.2 Å². The summed E-state index contributed by atoms with van der Waals surface area (Å²) in [6, 6.07) is 3.80. The van der Waals surface area contributed by atoms with Gasteiger partial charge in [0.1, 0.15) is 5.01 Å². The molecule has 1 unspecified atom stereocenters. The lowest BCUT2D eigenvalue weighted by Crippen LogP contribution is -2.33. The first-order chi connectivity index (χ1) is 10.2. The number of nitrogens with one attached hydrogen (secondary N) is 1. The molecule has 2 heterocycles. The fraction of sp³-hybridized carbons (Fsp3) is 0.400. The fourth-order valence-corrected chi connectivity index (χ4v) is 2.71. The quantitative estimate of drug-likeness (QED) is 0.820. The first-order valence-electron chi connectivity index (χ1n) is 6.98. The van der Waals surface area contributed by atoms with E-state index in [2.05, 4.69) is 15.3 Å². The van der Waals surface area contributed by atoms with E-state index in [1.54, 1.807) is 12.4 Å². The molecule has 0 saturated carbocycles. The van der Waals surface area contributed by atoms with Gasteiger partial charge in [-0.05, 0) is 18.6 Å². The highest BCUT2D eigenvalue weighted by Gasteiger charge is 2.10.